The molecule has 1 aromatic heterocycles. The van der Waals surface area contributed by atoms with Crippen LogP contribution in [0.4, 0.5) is 14.7 Å². The molecular weight excluding hydrogens is 364 g/mol. The van der Waals surface area contributed by atoms with E-state index < -0.39 is 23.1 Å². The molecule has 1 heterocycles. The summed E-state index contributed by atoms with van der Waals surface area (Å²) in [6.07, 6.45) is 4.10. The van der Waals surface area contributed by atoms with Gasteiger partial charge in [-0.25, -0.2) is 18.7 Å². The molecule has 1 amide bonds. The zero-order valence-electron chi connectivity index (χ0n) is 15.1. The minimum absolute atomic E-state index is 0.0118. The summed E-state index contributed by atoms with van der Waals surface area (Å²) in [4.78, 5) is 20.9. The Morgan fingerprint density at radius 1 is 1.11 bits per heavy atom. The van der Waals surface area contributed by atoms with E-state index >= 15 is 0 Å². The molecule has 1 aliphatic carbocycles. The molecule has 0 saturated heterocycles. The standard InChI is InChI=1S/C21H17F2N3O2/c1-28-13-9-8-12-4-2-7-18-15(14(12)10-13)11-24-21(25-18)26-20(27)19-16(22)5-3-6-17(19)23/h3,5-6,8-11H,2,4,7H2,1H3,(H,24,25,26,27). The molecule has 0 saturated carbocycles. The Kier molecular flexibility index (Phi) is 4.73. The molecule has 1 N–H and O–H groups in total. The molecule has 0 unspecified atom stereocenters. The lowest BCUT2D eigenvalue weighted by Crippen LogP contribution is -2.18. The molecular formula is C21H17F2N3O2. The van der Waals surface area contributed by atoms with E-state index in [-0.39, 0.29) is 5.95 Å². The van der Waals surface area contributed by atoms with Gasteiger partial charge in [0.15, 0.2) is 0 Å². The Labute approximate surface area is 160 Å². The van der Waals surface area contributed by atoms with Crippen molar-refractivity contribution in [3.05, 3.63) is 71.1 Å². The van der Waals surface area contributed by atoms with Gasteiger partial charge in [-0.3, -0.25) is 10.1 Å². The summed E-state index contributed by atoms with van der Waals surface area (Å²) in [5, 5.41) is 2.39. The zero-order chi connectivity index (χ0) is 19.7. The van der Waals surface area contributed by atoms with Crippen LogP contribution in [0.1, 0.15) is 28.0 Å². The molecule has 3 aromatic rings. The van der Waals surface area contributed by atoms with Crippen molar-refractivity contribution < 1.29 is 18.3 Å². The van der Waals surface area contributed by atoms with Crippen molar-refractivity contribution in [1.29, 1.82) is 0 Å². The first-order valence-electron chi connectivity index (χ1n) is 8.85. The summed E-state index contributed by atoms with van der Waals surface area (Å²) in [5.41, 5.74) is 3.14. The highest BCUT2D eigenvalue weighted by atomic mass is 19.1. The first-order valence-corrected chi connectivity index (χ1v) is 8.85. The summed E-state index contributed by atoms with van der Waals surface area (Å²) in [7, 11) is 1.61. The van der Waals surface area contributed by atoms with Gasteiger partial charge in [0, 0.05) is 11.8 Å². The average molecular weight is 381 g/mol. The van der Waals surface area contributed by atoms with Crippen LogP contribution >= 0.6 is 0 Å². The summed E-state index contributed by atoms with van der Waals surface area (Å²) in [6.45, 7) is 0. The fraction of sp³-hybridized carbons (Fsp3) is 0.190. The van der Waals surface area contributed by atoms with Gasteiger partial charge in [-0.2, -0.15) is 0 Å². The van der Waals surface area contributed by atoms with E-state index in [1.807, 2.05) is 18.2 Å². The fourth-order valence-corrected chi connectivity index (χ4v) is 3.37. The number of nitrogens with zero attached hydrogens (tertiary/aromatic N) is 2. The molecule has 1 aliphatic rings. The third-order valence-electron chi connectivity index (χ3n) is 4.75. The molecule has 0 spiro atoms. The van der Waals surface area contributed by atoms with Gasteiger partial charge in [-0.15, -0.1) is 0 Å². The van der Waals surface area contributed by atoms with Crippen LogP contribution in [-0.2, 0) is 12.8 Å². The molecule has 2 aromatic carbocycles. The molecule has 4 rings (SSSR count). The topological polar surface area (TPSA) is 64.1 Å². The van der Waals surface area contributed by atoms with Crippen LogP contribution in [0.15, 0.2) is 42.6 Å². The number of benzene rings is 2. The van der Waals surface area contributed by atoms with Crippen molar-refractivity contribution >= 4 is 11.9 Å². The van der Waals surface area contributed by atoms with Crippen molar-refractivity contribution in [2.24, 2.45) is 0 Å². The number of amides is 1. The Balaban J connectivity index is 1.68. The van der Waals surface area contributed by atoms with Crippen molar-refractivity contribution in [2.75, 3.05) is 12.4 Å². The van der Waals surface area contributed by atoms with Crippen LogP contribution in [0.5, 0.6) is 5.75 Å². The van der Waals surface area contributed by atoms with Crippen molar-refractivity contribution in [3.8, 4) is 16.9 Å². The van der Waals surface area contributed by atoms with Crippen LogP contribution in [0, 0.1) is 11.6 Å². The minimum atomic E-state index is -0.937. The zero-order valence-corrected chi connectivity index (χ0v) is 15.1. The Bertz CT molecular complexity index is 1050. The van der Waals surface area contributed by atoms with Crippen LogP contribution < -0.4 is 10.1 Å². The molecule has 5 nitrogen and oxygen atoms in total. The quantitative estimate of drug-likeness (QED) is 0.740. The van der Waals surface area contributed by atoms with Crippen molar-refractivity contribution in [3.63, 3.8) is 0 Å². The first kappa shape index (κ1) is 18.0. The number of carbonyl (C=O) groups excluding carboxylic acids is 1. The van der Waals surface area contributed by atoms with Crippen LogP contribution in [0.25, 0.3) is 11.1 Å². The van der Waals surface area contributed by atoms with Crippen molar-refractivity contribution in [2.45, 2.75) is 19.3 Å². The van der Waals surface area contributed by atoms with E-state index in [0.717, 1.165) is 47.5 Å². The molecule has 0 aliphatic heterocycles. The third-order valence-corrected chi connectivity index (χ3v) is 4.75. The van der Waals surface area contributed by atoms with Gasteiger partial charge >= 0.3 is 0 Å². The monoisotopic (exact) mass is 381 g/mol. The largest absolute Gasteiger partial charge is 0.497 e. The highest BCUT2D eigenvalue weighted by Crippen LogP contribution is 2.34. The number of ether oxygens (including phenoxy) is 1. The molecule has 7 heteroatoms. The molecule has 28 heavy (non-hydrogen) atoms. The second kappa shape index (κ2) is 7.34. The van der Waals surface area contributed by atoms with Gasteiger partial charge < -0.3 is 4.74 Å². The van der Waals surface area contributed by atoms with Gasteiger partial charge in [0.1, 0.15) is 22.9 Å². The van der Waals surface area contributed by atoms with Gasteiger partial charge in [0.25, 0.3) is 5.91 Å². The van der Waals surface area contributed by atoms with Gasteiger partial charge in [0.2, 0.25) is 5.95 Å². The van der Waals surface area contributed by atoms with E-state index in [2.05, 4.69) is 15.3 Å². The SMILES string of the molecule is COc1ccc2c(c1)-c1cnc(NC(=O)c3c(F)cccc3F)nc1CCC2. The van der Waals surface area contributed by atoms with E-state index in [4.69, 9.17) is 4.74 Å². The van der Waals surface area contributed by atoms with Gasteiger partial charge in [0.05, 0.1) is 12.8 Å². The maximum atomic E-state index is 13.8. The predicted octanol–water partition coefficient (Wildman–Crippen LogP) is 4.17. The Morgan fingerprint density at radius 2 is 1.89 bits per heavy atom. The van der Waals surface area contributed by atoms with E-state index in [1.165, 1.54) is 11.6 Å². The number of hydrogen-bond donors (Lipinski definition) is 1. The number of carbonyl (C=O) groups is 1. The van der Waals surface area contributed by atoms with Gasteiger partial charge in [-0.1, -0.05) is 12.1 Å². The number of nitrogens with one attached hydrogen (secondary N) is 1. The second-order valence-electron chi connectivity index (χ2n) is 6.48. The fourth-order valence-electron chi connectivity index (χ4n) is 3.37. The van der Waals surface area contributed by atoms with Crippen LogP contribution in [0.3, 0.4) is 0 Å². The Morgan fingerprint density at radius 3 is 2.64 bits per heavy atom. The molecule has 142 valence electrons. The normalized spacial score (nSPS) is 12.5. The lowest BCUT2D eigenvalue weighted by Gasteiger charge is -2.12. The minimum Gasteiger partial charge on any atom is -0.497 e. The summed E-state index contributed by atoms with van der Waals surface area (Å²) >= 11 is 0. The number of rotatable bonds is 3. The number of anilines is 1. The smallest absolute Gasteiger partial charge is 0.263 e. The number of methoxy groups -OCH3 is 1. The van der Waals surface area contributed by atoms with E-state index in [1.54, 1.807) is 13.3 Å². The highest BCUT2D eigenvalue weighted by Gasteiger charge is 2.21. The number of hydrogen-bond acceptors (Lipinski definition) is 4. The number of aromatic nitrogens is 2. The van der Waals surface area contributed by atoms with Crippen LogP contribution in [0.2, 0.25) is 0 Å². The summed E-state index contributed by atoms with van der Waals surface area (Å²) in [6, 6.07) is 9.14. The van der Waals surface area contributed by atoms with E-state index in [9.17, 15) is 13.6 Å². The summed E-state index contributed by atoms with van der Waals surface area (Å²) < 4.78 is 32.9. The molecule has 0 radical (unpaired) electrons. The number of fused-ring (bicyclic) bond motifs is 3. The lowest BCUT2D eigenvalue weighted by molar-refractivity contribution is 0.101. The second-order valence-corrected chi connectivity index (χ2v) is 6.48. The van der Waals surface area contributed by atoms with Gasteiger partial charge in [-0.05, 0) is 54.7 Å². The lowest BCUT2D eigenvalue weighted by atomic mass is 10.00. The first-order chi connectivity index (χ1) is 13.6. The van der Waals surface area contributed by atoms with Crippen LogP contribution in [-0.4, -0.2) is 23.0 Å². The predicted molar refractivity (Wildman–Crippen MR) is 100 cm³/mol. The van der Waals surface area contributed by atoms with E-state index in [0.29, 0.717) is 6.42 Å². The Hall–Kier alpha value is -3.35. The average Bonchev–Trinajstić information content (AvgIpc) is 2.86. The molecule has 0 bridgehead atoms. The summed E-state index contributed by atoms with van der Waals surface area (Å²) in [5.74, 6) is -2.05. The maximum Gasteiger partial charge on any atom is 0.263 e. The third kappa shape index (κ3) is 3.31. The number of aryl methyl sites for hydroxylation is 2. The molecule has 0 fully saturated rings. The van der Waals surface area contributed by atoms with Crippen molar-refractivity contribution in [1.82, 2.24) is 9.97 Å². The maximum absolute atomic E-state index is 13.8. The molecule has 0 atom stereocenters. The number of halogens is 2. The highest BCUT2D eigenvalue weighted by molar-refractivity contribution is 6.03.